The number of anilines is 1. The average Bonchev–Trinajstić information content (AvgIpc) is 3.21. The van der Waals surface area contributed by atoms with Crippen molar-refractivity contribution in [2.45, 2.75) is 39.5 Å². The Morgan fingerprint density at radius 3 is 2.42 bits per heavy atom. The normalized spacial score (nSPS) is 17.3. The van der Waals surface area contributed by atoms with Crippen molar-refractivity contribution in [2.75, 3.05) is 38.1 Å². The van der Waals surface area contributed by atoms with Crippen LogP contribution in [0.1, 0.15) is 36.8 Å². The molecule has 33 heavy (non-hydrogen) atoms. The van der Waals surface area contributed by atoms with Gasteiger partial charge in [0.2, 0.25) is 5.91 Å². The van der Waals surface area contributed by atoms with E-state index < -0.39 is 5.82 Å². The number of piperidine rings is 1. The van der Waals surface area contributed by atoms with Gasteiger partial charge in [-0.25, -0.2) is 9.18 Å². The molecule has 0 bridgehead atoms. The predicted octanol–water partition coefficient (Wildman–Crippen LogP) is 4.76. The number of halogens is 1. The van der Waals surface area contributed by atoms with E-state index in [1.54, 1.807) is 18.2 Å². The van der Waals surface area contributed by atoms with Crippen LogP contribution < -0.4 is 10.1 Å². The number of hydrogen-bond donors (Lipinski definition) is 1. The van der Waals surface area contributed by atoms with Crippen molar-refractivity contribution in [1.29, 1.82) is 0 Å². The SMILES string of the molecule is Cc1ccc(NC(=O)N2CCC3(CCN(C(=O)CCOc4ccccc4F)C3)CC2)c(C)c1. The van der Waals surface area contributed by atoms with E-state index >= 15 is 0 Å². The van der Waals surface area contributed by atoms with Crippen LogP contribution in [-0.4, -0.2) is 54.5 Å². The van der Waals surface area contributed by atoms with Crippen molar-refractivity contribution >= 4 is 17.6 Å². The number of likely N-dealkylation sites (tertiary alicyclic amines) is 2. The molecule has 176 valence electrons. The van der Waals surface area contributed by atoms with Crippen LogP contribution in [0.3, 0.4) is 0 Å². The number of nitrogens with one attached hydrogen (secondary N) is 1. The highest BCUT2D eigenvalue weighted by Crippen LogP contribution is 2.40. The fraction of sp³-hybridized carbons (Fsp3) is 0.462. The fourth-order valence-corrected chi connectivity index (χ4v) is 4.86. The molecule has 0 aliphatic carbocycles. The van der Waals surface area contributed by atoms with Crippen molar-refractivity contribution in [1.82, 2.24) is 9.80 Å². The molecule has 3 amide bonds. The summed E-state index contributed by atoms with van der Waals surface area (Å²) < 4.78 is 19.1. The van der Waals surface area contributed by atoms with Crippen molar-refractivity contribution < 1.29 is 18.7 Å². The van der Waals surface area contributed by atoms with Gasteiger partial charge in [-0.2, -0.15) is 0 Å². The van der Waals surface area contributed by atoms with Gasteiger partial charge in [-0.1, -0.05) is 29.8 Å². The minimum atomic E-state index is -0.418. The van der Waals surface area contributed by atoms with Gasteiger partial charge in [-0.15, -0.1) is 0 Å². The molecule has 2 aliphatic heterocycles. The third kappa shape index (κ3) is 5.46. The second-order valence-corrected chi connectivity index (χ2v) is 9.33. The van der Waals surface area contributed by atoms with Gasteiger partial charge in [0.05, 0.1) is 13.0 Å². The molecule has 2 aliphatic rings. The molecule has 2 aromatic rings. The first-order valence-corrected chi connectivity index (χ1v) is 11.6. The number of urea groups is 1. The summed E-state index contributed by atoms with van der Waals surface area (Å²) in [6.45, 7) is 7.03. The van der Waals surface area contributed by atoms with Gasteiger partial charge in [0.15, 0.2) is 11.6 Å². The maximum Gasteiger partial charge on any atom is 0.321 e. The quantitative estimate of drug-likeness (QED) is 0.710. The standard InChI is InChI=1S/C26H32FN3O3/c1-19-7-8-22(20(2)17-19)28-25(32)29-13-10-26(11-14-29)12-15-30(18-26)24(31)9-16-33-23-6-4-3-5-21(23)27/h3-8,17H,9-16,18H2,1-2H3,(H,28,32). The summed E-state index contributed by atoms with van der Waals surface area (Å²) in [4.78, 5) is 29.2. The molecular formula is C26H32FN3O3. The monoisotopic (exact) mass is 453 g/mol. The van der Waals surface area contributed by atoms with Crippen LogP contribution in [0.2, 0.25) is 0 Å². The van der Waals surface area contributed by atoms with Gasteiger partial charge in [-0.05, 0) is 62.3 Å². The van der Waals surface area contributed by atoms with E-state index in [1.165, 1.54) is 11.6 Å². The predicted molar refractivity (Wildman–Crippen MR) is 126 cm³/mol. The highest BCUT2D eigenvalue weighted by molar-refractivity contribution is 5.90. The molecule has 0 aromatic heterocycles. The molecule has 1 N–H and O–H groups in total. The smallest absolute Gasteiger partial charge is 0.321 e. The highest BCUT2D eigenvalue weighted by Gasteiger charge is 2.42. The van der Waals surface area contributed by atoms with Crippen molar-refractivity contribution in [2.24, 2.45) is 5.41 Å². The van der Waals surface area contributed by atoms with E-state index in [9.17, 15) is 14.0 Å². The second kappa shape index (κ2) is 9.81. The number of hydrogen-bond acceptors (Lipinski definition) is 3. The third-order valence-electron chi connectivity index (χ3n) is 6.94. The number of rotatable bonds is 5. The summed E-state index contributed by atoms with van der Waals surface area (Å²) >= 11 is 0. The van der Waals surface area contributed by atoms with Crippen LogP contribution in [0.4, 0.5) is 14.9 Å². The maximum atomic E-state index is 13.6. The van der Waals surface area contributed by atoms with E-state index in [0.717, 1.165) is 43.6 Å². The van der Waals surface area contributed by atoms with E-state index in [4.69, 9.17) is 4.74 Å². The summed E-state index contributed by atoms with van der Waals surface area (Å²) in [5.74, 6) is -0.202. The number of aryl methyl sites for hydroxylation is 2. The molecule has 0 unspecified atom stereocenters. The minimum Gasteiger partial charge on any atom is -0.490 e. The molecule has 6 nitrogen and oxygen atoms in total. The van der Waals surface area contributed by atoms with Crippen LogP contribution in [0.5, 0.6) is 5.75 Å². The lowest BCUT2D eigenvalue weighted by atomic mass is 9.78. The number of carbonyl (C=O) groups excluding carboxylic acids is 2. The lowest BCUT2D eigenvalue weighted by Gasteiger charge is -2.39. The zero-order valence-corrected chi connectivity index (χ0v) is 19.4. The first-order valence-electron chi connectivity index (χ1n) is 11.6. The first kappa shape index (κ1) is 23.1. The van der Waals surface area contributed by atoms with Crippen LogP contribution in [-0.2, 0) is 4.79 Å². The van der Waals surface area contributed by atoms with Gasteiger partial charge in [0.1, 0.15) is 0 Å². The van der Waals surface area contributed by atoms with Crippen LogP contribution in [0.15, 0.2) is 42.5 Å². The van der Waals surface area contributed by atoms with Gasteiger partial charge in [0, 0.05) is 31.9 Å². The summed E-state index contributed by atoms with van der Waals surface area (Å²) in [6.07, 6.45) is 2.97. The largest absolute Gasteiger partial charge is 0.490 e. The van der Waals surface area contributed by atoms with Gasteiger partial charge < -0.3 is 19.9 Å². The van der Waals surface area contributed by atoms with Gasteiger partial charge >= 0.3 is 6.03 Å². The number of benzene rings is 2. The zero-order valence-electron chi connectivity index (χ0n) is 19.4. The highest BCUT2D eigenvalue weighted by atomic mass is 19.1. The topological polar surface area (TPSA) is 61.9 Å². The molecule has 0 saturated carbocycles. The number of amides is 3. The van der Waals surface area contributed by atoms with Crippen molar-refractivity contribution in [3.63, 3.8) is 0 Å². The second-order valence-electron chi connectivity index (χ2n) is 9.33. The lowest BCUT2D eigenvalue weighted by Crippen LogP contribution is -2.46. The fourth-order valence-electron chi connectivity index (χ4n) is 4.86. The molecular weight excluding hydrogens is 421 g/mol. The molecule has 0 atom stereocenters. The molecule has 2 saturated heterocycles. The molecule has 2 fully saturated rings. The van der Waals surface area contributed by atoms with E-state index in [1.807, 2.05) is 35.8 Å². The van der Waals surface area contributed by atoms with Crippen LogP contribution in [0, 0.1) is 25.1 Å². The summed E-state index contributed by atoms with van der Waals surface area (Å²) in [5, 5.41) is 3.04. The minimum absolute atomic E-state index is 0.0400. The van der Waals surface area contributed by atoms with E-state index in [0.29, 0.717) is 13.1 Å². The Labute approximate surface area is 194 Å². The van der Waals surface area contributed by atoms with E-state index in [-0.39, 0.29) is 36.1 Å². The van der Waals surface area contributed by atoms with Crippen molar-refractivity contribution in [3.8, 4) is 5.75 Å². The Hall–Kier alpha value is -3.09. The van der Waals surface area contributed by atoms with Crippen molar-refractivity contribution in [3.05, 3.63) is 59.4 Å². The van der Waals surface area contributed by atoms with Crippen LogP contribution >= 0.6 is 0 Å². The number of nitrogens with zero attached hydrogens (tertiary/aromatic N) is 2. The number of para-hydroxylation sites is 1. The Bertz CT molecular complexity index is 1020. The summed E-state index contributed by atoms with van der Waals surface area (Å²) in [7, 11) is 0. The molecule has 2 aromatic carbocycles. The Morgan fingerprint density at radius 2 is 1.73 bits per heavy atom. The lowest BCUT2D eigenvalue weighted by molar-refractivity contribution is -0.131. The number of ether oxygens (including phenoxy) is 1. The Morgan fingerprint density at radius 1 is 1.03 bits per heavy atom. The van der Waals surface area contributed by atoms with Gasteiger partial charge in [-0.3, -0.25) is 4.79 Å². The Balaban J connectivity index is 1.23. The molecule has 4 rings (SSSR count). The molecule has 0 radical (unpaired) electrons. The number of carbonyl (C=O) groups is 2. The third-order valence-corrected chi connectivity index (χ3v) is 6.94. The zero-order chi connectivity index (χ0) is 23.4. The van der Waals surface area contributed by atoms with Gasteiger partial charge in [0.25, 0.3) is 0 Å². The first-order chi connectivity index (χ1) is 15.8. The van der Waals surface area contributed by atoms with Crippen LogP contribution in [0.25, 0.3) is 0 Å². The summed E-state index contributed by atoms with van der Waals surface area (Å²) in [6, 6.07) is 12.2. The Kier molecular flexibility index (Phi) is 6.86. The average molecular weight is 454 g/mol. The molecule has 1 spiro atoms. The van der Waals surface area contributed by atoms with E-state index in [2.05, 4.69) is 11.4 Å². The molecule has 2 heterocycles. The summed E-state index contributed by atoms with van der Waals surface area (Å²) in [5.41, 5.74) is 3.16. The molecule has 7 heteroatoms. The maximum absolute atomic E-state index is 13.6.